The van der Waals surface area contributed by atoms with Gasteiger partial charge in [0, 0.05) is 31.6 Å². The van der Waals surface area contributed by atoms with Gasteiger partial charge in [-0.05, 0) is 49.1 Å². The standard InChI is InChI=1S/C21H12BrClO4S/c22-10-4-6-15-17(8-10)28-19(18(15)23)21(25)26-11-5-7-13-12-2-1-3-14(12)20(24)27-16(13)9-11/h4-9H,1-3H2. The Morgan fingerprint density at radius 1 is 1.11 bits per heavy atom. The second-order valence-electron chi connectivity index (χ2n) is 6.63. The molecule has 0 atom stereocenters. The molecule has 0 amide bonds. The zero-order valence-corrected chi connectivity index (χ0v) is 17.5. The first-order valence-corrected chi connectivity index (χ1v) is 10.7. The van der Waals surface area contributed by atoms with E-state index in [0.29, 0.717) is 21.2 Å². The monoisotopic (exact) mass is 474 g/mol. The highest BCUT2D eigenvalue weighted by Gasteiger charge is 2.22. The molecule has 0 spiro atoms. The van der Waals surface area contributed by atoms with Crippen LogP contribution in [0.5, 0.6) is 5.75 Å². The molecular weight excluding hydrogens is 464 g/mol. The fourth-order valence-corrected chi connectivity index (χ4v) is 5.59. The van der Waals surface area contributed by atoms with Gasteiger partial charge in [-0.2, -0.15) is 0 Å². The van der Waals surface area contributed by atoms with Crippen molar-refractivity contribution in [2.75, 3.05) is 0 Å². The molecule has 4 nitrogen and oxygen atoms in total. The van der Waals surface area contributed by atoms with Crippen LogP contribution in [0.3, 0.4) is 0 Å². The van der Waals surface area contributed by atoms with E-state index in [2.05, 4.69) is 15.9 Å². The first-order valence-electron chi connectivity index (χ1n) is 8.69. The molecule has 7 heteroatoms. The van der Waals surface area contributed by atoms with Gasteiger partial charge in [0.05, 0.1) is 5.02 Å². The van der Waals surface area contributed by atoms with Gasteiger partial charge >= 0.3 is 11.6 Å². The van der Waals surface area contributed by atoms with Crippen LogP contribution in [-0.4, -0.2) is 5.97 Å². The first-order chi connectivity index (χ1) is 13.5. The van der Waals surface area contributed by atoms with Gasteiger partial charge in [-0.15, -0.1) is 11.3 Å². The van der Waals surface area contributed by atoms with Gasteiger partial charge in [0.15, 0.2) is 0 Å². The maximum absolute atomic E-state index is 12.7. The van der Waals surface area contributed by atoms with Crippen LogP contribution in [-0.2, 0) is 12.8 Å². The van der Waals surface area contributed by atoms with Gasteiger partial charge in [-0.3, -0.25) is 0 Å². The van der Waals surface area contributed by atoms with Crippen molar-refractivity contribution in [1.29, 1.82) is 0 Å². The number of hydrogen-bond acceptors (Lipinski definition) is 5. The molecular formula is C21H12BrClO4S. The summed E-state index contributed by atoms with van der Waals surface area (Å²) in [5, 5.41) is 2.08. The second kappa shape index (κ2) is 6.72. The SMILES string of the molecule is O=C(Oc1ccc2c3c(c(=O)oc2c1)CCC3)c1sc2cc(Br)ccc2c1Cl. The fraction of sp³-hybridized carbons (Fsp3) is 0.143. The lowest BCUT2D eigenvalue weighted by Gasteiger charge is -2.07. The lowest BCUT2D eigenvalue weighted by atomic mass is 10.1. The molecule has 2 aromatic carbocycles. The summed E-state index contributed by atoms with van der Waals surface area (Å²) in [4.78, 5) is 25.2. The van der Waals surface area contributed by atoms with Crippen molar-refractivity contribution in [2.24, 2.45) is 0 Å². The molecule has 0 bridgehead atoms. The molecule has 1 aliphatic carbocycles. The highest BCUT2D eigenvalue weighted by Crippen LogP contribution is 2.37. The Morgan fingerprint density at radius 2 is 1.89 bits per heavy atom. The average molecular weight is 476 g/mol. The average Bonchev–Trinajstić information content (AvgIpc) is 3.27. The van der Waals surface area contributed by atoms with Gasteiger partial charge < -0.3 is 9.15 Å². The zero-order valence-electron chi connectivity index (χ0n) is 14.4. The van der Waals surface area contributed by atoms with E-state index in [1.807, 2.05) is 24.3 Å². The minimum atomic E-state index is -0.537. The molecule has 1 aliphatic rings. The summed E-state index contributed by atoms with van der Waals surface area (Å²) in [5.74, 6) is -0.224. The van der Waals surface area contributed by atoms with E-state index < -0.39 is 5.97 Å². The third-order valence-electron chi connectivity index (χ3n) is 4.93. The number of rotatable bonds is 2. The summed E-state index contributed by atoms with van der Waals surface area (Å²) < 4.78 is 12.8. The van der Waals surface area contributed by atoms with Crippen molar-refractivity contribution in [1.82, 2.24) is 0 Å². The number of esters is 1. The normalized spacial score (nSPS) is 13.2. The van der Waals surface area contributed by atoms with Crippen molar-refractivity contribution in [3.8, 4) is 5.75 Å². The predicted octanol–water partition coefficient (Wildman–Crippen LogP) is 6.13. The second-order valence-corrected chi connectivity index (χ2v) is 8.98. The Kier molecular flexibility index (Phi) is 4.30. The summed E-state index contributed by atoms with van der Waals surface area (Å²) in [6.45, 7) is 0. The quantitative estimate of drug-likeness (QED) is 0.199. The van der Waals surface area contributed by atoms with E-state index in [1.54, 1.807) is 12.1 Å². The molecule has 0 fully saturated rings. The Bertz CT molecular complexity index is 1340. The van der Waals surface area contributed by atoms with E-state index in [0.717, 1.165) is 50.3 Å². The van der Waals surface area contributed by atoms with Crippen molar-refractivity contribution in [3.63, 3.8) is 0 Å². The molecule has 2 heterocycles. The van der Waals surface area contributed by atoms with Crippen molar-refractivity contribution < 1.29 is 13.9 Å². The highest BCUT2D eigenvalue weighted by molar-refractivity contribution is 9.10. The zero-order chi connectivity index (χ0) is 19.4. The highest BCUT2D eigenvalue weighted by atomic mass is 79.9. The molecule has 0 unspecified atom stereocenters. The van der Waals surface area contributed by atoms with E-state index in [9.17, 15) is 9.59 Å². The van der Waals surface area contributed by atoms with Gasteiger partial charge in [0.25, 0.3) is 0 Å². The smallest absolute Gasteiger partial charge is 0.355 e. The number of hydrogen-bond donors (Lipinski definition) is 0. The van der Waals surface area contributed by atoms with E-state index in [4.69, 9.17) is 20.8 Å². The molecule has 0 N–H and O–H groups in total. The van der Waals surface area contributed by atoms with Gasteiger partial charge in [-0.25, -0.2) is 9.59 Å². The van der Waals surface area contributed by atoms with Gasteiger partial charge in [-0.1, -0.05) is 33.6 Å². The summed E-state index contributed by atoms with van der Waals surface area (Å²) in [5.41, 5.74) is 1.94. The van der Waals surface area contributed by atoms with Crippen LogP contribution in [0.2, 0.25) is 5.02 Å². The van der Waals surface area contributed by atoms with Crippen LogP contribution in [0.1, 0.15) is 27.2 Å². The number of carbonyl (C=O) groups excluding carboxylic acids is 1. The lowest BCUT2D eigenvalue weighted by Crippen LogP contribution is -2.08. The number of ether oxygens (including phenoxy) is 1. The van der Waals surface area contributed by atoms with Crippen LogP contribution in [0.15, 0.2) is 50.1 Å². The maximum Gasteiger partial charge on any atom is 0.355 e. The summed E-state index contributed by atoms with van der Waals surface area (Å²) in [6, 6.07) is 10.8. The summed E-state index contributed by atoms with van der Waals surface area (Å²) in [6.07, 6.45) is 2.57. The molecule has 0 radical (unpaired) electrons. The maximum atomic E-state index is 12.7. The minimum absolute atomic E-state index is 0.304. The molecule has 0 aliphatic heterocycles. The predicted molar refractivity (Wildman–Crippen MR) is 114 cm³/mol. The van der Waals surface area contributed by atoms with Crippen molar-refractivity contribution in [3.05, 3.63) is 72.3 Å². The first kappa shape index (κ1) is 17.9. The Morgan fingerprint density at radius 3 is 2.75 bits per heavy atom. The Labute approximate surface area is 176 Å². The van der Waals surface area contributed by atoms with Gasteiger partial charge in [0.1, 0.15) is 16.2 Å². The van der Waals surface area contributed by atoms with E-state index >= 15 is 0 Å². The van der Waals surface area contributed by atoms with Crippen LogP contribution < -0.4 is 10.4 Å². The van der Waals surface area contributed by atoms with Crippen molar-refractivity contribution >= 4 is 65.9 Å². The number of carbonyl (C=O) groups is 1. The molecule has 4 aromatic rings. The fourth-order valence-electron chi connectivity index (χ4n) is 3.65. The third-order valence-corrected chi connectivity index (χ3v) is 7.06. The molecule has 2 aromatic heterocycles. The van der Waals surface area contributed by atoms with Crippen LogP contribution >= 0.6 is 38.9 Å². The van der Waals surface area contributed by atoms with Gasteiger partial charge in [0.2, 0.25) is 0 Å². The number of aryl methyl sites for hydroxylation is 1. The van der Waals surface area contributed by atoms with Crippen LogP contribution in [0, 0.1) is 0 Å². The molecule has 5 rings (SSSR count). The number of fused-ring (bicyclic) bond motifs is 4. The van der Waals surface area contributed by atoms with Crippen molar-refractivity contribution in [2.45, 2.75) is 19.3 Å². The summed E-state index contributed by atoms with van der Waals surface area (Å²) >= 11 is 11.1. The molecule has 140 valence electrons. The van der Waals surface area contributed by atoms with Crippen LogP contribution in [0.4, 0.5) is 0 Å². The minimum Gasteiger partial charge on any atom is -0.422 e. The van der Waals surface area contributed by atoms with E-state index in [1.165, 1.54) is 11.3 Å². The van der Waals surface area contributed by atoms with E-state index in [-0.39, 0.29) is 5.63 Å². The summed E-state index contributed by atoms with van der Waals surface area (Å²) in [7, 11) is 0. The topological polar surface area (TPSA) is 56.5 Å². The molecule has 0 saturated heterocycles. The number of benzene rings is 2. The number of thiophene rings is 1. The third kappa shape index (κ3) is 2.87. The number of halogens is 2. The lowest BCUT2D eigenvalue weighted by molar-refractivity contribution is 0.0740. The largest absolute Gasteiger partial charge is 0.422 e. The molecule has 0 saturated carbocycles. The molecule has 28 heavy (non-hydrogen) atoms. The Balaban J connectivity index is 1.52. The van der Waals surface area contributed by atoms with Crippen LogP contribution in [0.25, 0.3) is 21.1 Å². The Hall–Kier alpha value is -2.15.